The van der Waals surface area contributed by atoms with E-state index in [1.807, 2.05) is 42.3 Å². The molecule has 0 unspecified atom stereocenters. The van der Waals surface area contributed by atoms with Crippen LogP contribution in [-0.2, 0) is 20.9 Å². The minimum absolute atomic E-state index is 0.0404. The molecule has 9 heteroatoms. The van der Waals surface area contributed by atoms with Crippen LogP contribution in [-0.4, -0.2) is 90.1 Å². The Bertz CT molecular complexity index is 810. The van der Waals surface area contributed by atoms with Gasteiger partial charge in [-0.3, -0.25) is 9.59 Å². The van der Waals surface area contributed by atoms with Gasteiger partial charge < -0.3 is 24.0 Å². The number of carbonyl (C=O) groups excluding carboxylic acids is 2. The summed E-state index contributed by atoms with van der Waals surface area (Å²) in [6.07, 6.45) is 0. The Hall–Kier alpha value is -2.78. The van der Waals surface area contributed by atoms with Gasteiger partial charge in [0.05, 0.1) is 6.54 Å². The summed E-state index contributed by atoms with van der Waals surface area (Å²) in [5.74, 6) is 0.460. The van der Waals surface area contributed by atoms with Crippen LogP contribution >= 0.6 is 0 Å². The van der Waals surface area contributed by atoms with E-state index in [4.69, 9.17) is 9.26 Å². The Morgan fingerprint density at radius 2 is 2.04 bits per heavy atom. The van der Waals surface area contributed by atoms with Gasteiger partial charge in [-0.2, -0.15) is 4.98 Å². The molecule has 2 amide bonds. The van der Waals surface area contributed by atoms with Crippen LogP contribution in [0.2, 0.25) is 0 Å². The Morgan fingerprint density at radius 1 is 1.29 bits per heavy atom. The first kappa shape index (κ1) is 20.0. The van der Waals surface area contributed by atoms with Gasteiger partial charge >= 0.3 is 0 Å². The van der Waals surface area contributed by atoms with Crippen molar-refractivity contribution in [2.75, 3.05) is 47.4 Å². The number of aromatic nitrogens is 2. The molecule has 0 bridgehead atoms. The molecule has 1 atom stereocenters. The third-order valence-electron chi connectivity index (χ3n) is 4.71. The smallest absolute Gasteiger partial charge is 0.249 e. The maximum absolute atomic E-state index is 13.0. The highest BCUT2D eigenvalue weighted by Gasteiger charge is 2.36. The van der Waals surface area contributed by atoms with Gasteiger partial charge in [0.2, 0.25) is 23.5 Å². The van der Waals surface area contributed by atoms with E-state index < -0.39 is 6.04 Å². The molecule has 1 aromatic carbocycles. The standard InChI is InChI=1S/C19H25N5O4/c1-22-9-10-24(17(25)13-27-3)15(11-22)19(26)23(2)12-16-20-18(21-28-16)14-7-5-4-6-8-14/h4-8,15H,9-13H2,1-3H3/t15-/m1/s1. The van der Waals surface area contributed by atoms with Crippen LogP contribution in [0.15, 0.2) is 34.9 Å². The number of benzene rings is 1. The van der Waals surface area contributed by atoms with Crippen LogP contribution in [0, 0.1) is 0 Å². The van der Waals surface area contributed by atoms with Crippen molar-refractivity contribution in [1.82, 2.24) is 24.8 Å². The fraction of sp³-hybridized carbons (Fsp3) is 0.474. The highest BCUT2D eigenvalue weighted by Crippen LogP contribution is 2.17. The lowest BCUT2D eigenvalue weighted by atomic mass is 10.1. The molecular weight excluding hydrogens is 362 g/mol. The summed E-state index contributed by atoms with van der Waals surface area (Å²) < 4.78 is 10.2. The lowest BCUT2D eigenvalue weighted by molar-refractivity contribution is -0.150. The fourth-order valence-corrected chi connectivity index (χ4v) is 3.19. The summed E-state index contributed by atoms with van der Waals surface area (Å²) in [7, 11) is 5.07. The second-order valence-corrected chi connectivity index (χ2v) is 6.87. The molecule has 2 heterocycles. The maximum atomic E-state index is 13.0. The van der Waals surface area contributed by atoms with Crippen molar-refractivity contribution in [3.8, 4) is 11.4 Å². The van der Waals surface area contributed by atoms with Crippen LogP contribution in [0.25, 0.3) is 11.4 Å². The van der Waals surface area contributed by atoms with E-state index in [0.717, 1.165) is 5.56 Å². The number of piperazine rings is 1. The molecule has 1 aliphatic rings. The Balaban J connectivity index is 1.69. The van der Waals surface area contributed by atoms with E-state index in [2.05, 4.69) is 10.1 Å². The molecule has 3 rings (SSSR count). The zero-order valence-corrected chi connectivity index (χ0v) is 16.4. The number of hydrogen-bond donors (Lipinski definition) is 0. The first-order valence-electron chi connectivity index (χ1n) is 9.09. The summed E-state index contributed by atoms with van der Waals surface area (Å²) in [4.78, 5) is 34.9. The van der Waals surface area contributed by atoms with E-state index in [1.165, 1.54) is 12.0 Å². The molecule has 1 aromatic heterocycles. The van der Waals surface area contributed by atoms with Crippen LogP contribution in [0.5, 0.6) is 0 Å². The molecule has 1 fully saturated rings. The molecule has 1 saturated heterocycles. The summed E-state index contributed by atoms with van der Waals surface area (Å²) in [6.45, 7) is 1.80. The van der Waals surface area contributed by atoms with Crippen molar-refractivity contribution >= 4 is 11.8 Å². The van der Waals surface area contributed by atoms with Crippen molar-refractivity contribution in [2.45, 2.75) is 12.6 Å². The van der Waals surface area contributed by atoms with Gasteiger partial charge in [-0.1, -0.05) is 35.5 Å². The molecule has 0 aliphatic carbocycles. The normalized spacial score (nSPS) is 17.5. The first-order valence-corrected chi connectivity index (χ1v) is 9.09. The number of amides is 2. The number of carbonyl (C=O) groups is 2. The van der Waals surface area contributed by atoms with Crippen molar-refractivity contribution in [1.29, 1.82) is 0 Å². The Kier molecular flexibility index (Phi) is 6.37. The first-order chi connectivity index (χ1) is 13.5. The van der Waals surface area contributed by atoms with Gasteiger partial charge in [0.25, 0.3) is 0 Å². The summed E-state index contributed by atoms with van der Waals surface area (Å²) >= 11 is 0. The third-order valence-corrected chi connectivity index (χ3v) is 4.71. The van der Waals surface area contributed by atoms with Gasteiger partial charge in [0.1, 0.15) is 12.6 Å². The van der Waals surface area contributed by atoms with E-state index in [9.17, 15) is 9.59 Å². The quantitative estimate of drug-likeness (QED) is 0.712. The Labute approximate surface area is 163 Å². The van der Waals surface area contributed by atoms with Gasteiger partial charge in [-0.15, -0.1) is 0 Å². The van der Waals surface area contributed by atoms with Crippen LogP contribution < -0.4 is 0 Å². The average molecular weight is 387 g/mol. The van der Waals surface area contributed by atoms with Crippen LogP contribution in [0.1, 0.15) is 5.89 Å². The number of hydrogen-bond acceptors (Lipinski definition) is 7. The summed E-state index contributed by atoms with van der Waals surface area (Å²) in [6, 6.07) is 8.91. The zero-order chi connectivity index (χ0) is 20.1. The van der Waals surface area contributed by atoms with Gasteiger partial charge in [-0.25, -0.2) is 0 Å². The summed E-state index contributed by atoms with van der Waals surface area (Å²) in [5.41, 5.74) is 0.844. The lowest BCUT2D eigenvalue weighted by Crippen LogP contribution is -2.60. The average Bonchev–Trinajstić information content (AvgIpc) is 3.16. The van der Waals surface area contributed by atoms with E-state index >= 15 is 0 Å². The van der Waals surface area contributed by atoms with E-state index in [1.54, 1.807) is 11.9 Å². The maximum Gasteiger partial charge on any atom is 0.249 e. The van der Waals surface area contributed by atoms with Crippen molar-refractivity contribution in [2.24, 2.45) is 0 Å². The molecule has 1 aliphatic heterocycles. The minimum atomic E-state index is -0.567. The number of ether oxygens (including phenoxy) is 1. The van der Waals surface area contributed by atoms with Crippen molar-refractivity contribution < 1.29 is 18.8 Å². The molecule has 0 N–H and O–H groups in total. The summed E-state index contributed by atoms with van der Waals surface area (Å²) in [5, 5.41) is 3.98. The molecule has 0 spiro atoms. The highest BCUT2D eigenvalue weighted by molar-refractivity contribution is 5.88. The monoisotopic (exact) mass is 387 g/mol. The second kappa shape index (κ2) is 8.94. The molecular formula is C19H25N5O4. The SMILES string of the molecule is COCC(=O)N1CCN(C)C[C@@H]1C(=O)N(C)Cc1nc(-c2ccccc2)no1. The number of nitrogens with zero attached hydrogens (tertiary/aromatic N) is 5. The van der Waals surface area contributed by atoms with Crippen molar-refractivity contribution in [3.05, 3.63) is 36.2 Å². The van der Waals surface area contributed by atoms with Gasteiger partial charge in [0.15, 0.2) is 0 Å². The van der Waals surface area contributed by atoms with Crippen molar-refractivity contribution in [3.63, 3.8) is 0 Å². The molecule has 9 nitrogen and oxygen atoms in total. The van der Waals surface area contributed by atoms with E-state index in [-0.39, 0.29) is 25.0 Å². The lowest BCUT2D eigenvalue weighted by Gasteiger charge is -2.40. The molecule has 0 saturated carbocycles. The number of likely N-dealkylation sites (N-methyl/N-ethyl adjacent to an activating group) is 2. The van der Waals surface area contributed by atoms with Crippen LogP contribution in [0.3, 0.4) is 0 Å². The topological polar surface area (TPSA) is 92.0 Å². The minimum Gasteiger partial charge on any atom is -0.375 e. The molecule has 2 aromatic rings. The molecule has 150 valence electrons. The van der Waals surface area contributed by atoms with E-state index in [0.29, 0.717) is 31.3 Å². The predicted molar refractivity (Wildman–Crippen MR) is 101 cm³/mol. The van der Waals surface area contributed by atoms with Crippen LogP contribution in [0.4, 0.5) is 0 Å². The Morgan fingerprint density at radius 3 is 2.75 bits per heavy atom. The molecule has 0 radical (unpaired) electrons. The third kappa shape index (κ3) is 4.55. The number of rotatable bonds is 6. The number of methoxy groups -OCH3 is 1. The fourth-order valence-electron chi connectivity index (χ4n) is 3.19. The molecule has 28 heavy (non-hydrogen) atoms. The largest absolute Gasteiger partial charge is 0.375 e. The van der Waals surface area contributed by atoms with Gasteiger partial charge in [-0.05, 0) is 7.05 Å². The van der Waals surface area contributed by atoms with Gasteiger partial charge in [0, 0.05) is 39.4 Å². The predicted octanol–water partition coefficient (Wildman–Crippen LogP) is 0.484. The zero-order valence-electron chi connectivity index (χ0n) is 16.4. The highest BCUT2D eigenvalue weighted by atomic mass is 16.5. The second-order valence-electron chi connectivity index (χ2n) is 6.87.